The number of cyclic esters (lactones) is 1. The van der Waals surface area contributed by atoms with Crippen molar-refractivity contribution in [3.8, 4) is 11.3 Å². The number of alkyl halides is 3. The van der Waals surface area contributed by atoms with E-state index in [9.17, 15) is 18.0 Å². The summed E-state index contributed by atoms with van der Waals surface area (Å²) in [5.41, 5.74) is -2.52. The minimum absolute atomic E-state index is 0.117. The zero-order valence-electron chi connectivity index (χ0n) is 20.6. The van der Waals surface area contributed by atoms with Crippen LogP contribution in [0.5, 0.6) is 0 Å². The summed E-state index contributed by atoms with van der Waals surface area (Å²) in [4.78, 5) is 16.0. The largest absolute Gasteiger partial charge is 0.451 e. The SMILES string of the molecule is C=Cc1[nH]c[n+]2c1C(=O)OC(C1C3(CC)c4cc(F)c(C(F)(F)F)c(F)c4-c4cc(C)cc[n+]4C13C=C)C2. The third kappa shape index (κ3) is 2.72. The topological polar surface area (TPSA) is 49.9 Å². The predicted octanol–water partition coefficient (Wildman–Crippen LogP) is 4.92. The van der Waals surface area contributed by atoms with E-state index in [0.29, 0.717) is 23.4 Å². The Kier molecular flexibility index (Phi) is 4.91. The van der Waals surface area contributed by atoms with E-state index in [0.717, 1.165) is 6.07 Å². The molecule has 5 nitrogen and oxygen atoms in total. The lowest BCUT2D eigenvalue weighted by molar-refractivity contribution is -0.732. The predicted molar refractivity (Wildman–Crippen MR) is 126 cm³/mol. The van der Waals surface area contributed by atoms with Gasteiger partial charge in [0.25, 0.3) is 5.69 Å². The van der Waals surface area contributed by atoms with Gasteiger partial charge in [-0.05, 0) is 42.7 Å². The first-order valence-corrected chi connectivity index (χ1v) is 12.2. The molecule has 2 aliphatic heterocycles. The number of carbonyl (C=O) groups is 1. The van der Waals surface area contributed by atoms with E-state index in [1.165, 1.54) is 6.08 Å². The number of hydrogen-bond acceptors (Lipinski definition) is 2. The van der Waals surface area contributed by atoms with Crippen LogP contribution in [0.2, 0.25) is 0 Å². The van der Waals surface area contributed by atoms with Gasteiger partial charge < -0.3 is 4.74 Å². The lowest BCUT2D eigenvalue weighted by atomic mass is 9.78. The summed E-state index contributed by atoms with van der Waals surface area (Å²) in [6, 6.07) is 4.16. The van der Waals surface area contributed by atoms with Gasteiger partial charge in [-0.15, -0.1) is 0 Å². The third-order valence-corrected chi connectivity index (χ3v) is 8.58. The number of H-pyrrole nitrogens is 1. The van der Waals surface area contributed by atoms with Crippen LogP contribution in [0.3, 0.4) is 0 Å². The first-order chi connectivity index (χ1) is 18.0. The van der Waals surface area contributed by atoms with Gasteiger partial charge in [-0.1, -0.05) is 20.1 Å². The summed E-state index contributed by atoms with van der Waals surface area (Å²) in [5.74, 6) is -4.48. The molecule has 0 amide bonds. The molecule has 1 N–H and O–H groups in total. The molecule has 10 heteroatoms. The van der Waals surface area contributed by atoms with Gasteiger partial charge in [0.1, 0.15) is 17.9 Å². The molecule has 1 aromatic carbocycles. The fourth-order valence-corrected chi connectivity index (χ4v) is 7.19. The van der Waals surface area contributed by atoms with Gasteiger partial charge in [-0.25, -0.2) is 23.1 Å². The van der Waals surface area contributed by atoms with Crippen LogP contribution >= 0.6 is 0 Å². The van der Waals surface area contributed by atoms with Crippen LogP contribution in [0.25, 0.3) is 17.3 Å². The number of benzene rings is 1. The lowest BCUT2D eigenvalue weighted by Crippen LogP contribution is -2.56. The highest BCUT2D eigenvalue weighted by Gasteiger charge is 2.87. The minimum atomic E-state index is -5.23. The van der Waals surface area contributed by atoms with Crippen molar-refractivity contribution in [3.05, 3.63) is 89.7 Å². The molecule has 1 saturated carbocycles. The van der Waals surface area contributed by atoms with Crippen molar-refractivity contribution < 1.29 is 40.6 Å². The maximum absolute atomic E-state index is 15.8. The van der Waals surface area contributed by atoms with Crippen LogP contribution in [0.15, 0.2) is 50.0 Å². The van der Waals surface area contributed by atoms with Gasteiger partial charge in [0, 0.05) is 12.1 Å². The van der Waals surface area contributed by atoms with Gasteiger partial charge in [0.05, 0.1) is 16.9 Å². The molecule has 6 rings (SSSR count). The number of aryl methyl sites for hydroxylation is 1. The molecular formula is C28H24F5N3O2+2. The fraction of sp³-hybridized carbons (Fsp3) is 0.321. The molecule has 38 heavy (non-hydrogen) atoms. The monoisotopic (exact) mass is 529 g/mol. The van der Waals surface area contributed by atoms with Gasteiger partial charge in [-0.2, -0.15) is 17.7 Å². The normalized spacial score (nSPS) is 27.0. The summed E-state index contributed by atoms with van der Waals surface area (Å²) in [6.07, 6.45) is 0.790. The smallest absolute Gasteiger partial charge is 0.422 e. The fourth-order valence-electron chi connectivity index (χ4n) is 7.19. The van der Waals surface area contributed by atoms with Crippen molar-refractivity contribution in [1.29, 1.82) is 0 Å². The minimum Gasteiger partial charge on any atom is -0.451 e. The lowest BCUT2D eigenvalue weighted by Gasteiger charge is -2.28. The zero-order chi connectivity index (χ0) is 27.4. The number of fused-ring (bicyclic) bond motifs is 7. The Balaban J connectivity index is 1.63. The quantitative estimate of drug-likeness (QED) is 0.226. The Labute approximate surface area is 214 Å². The maximum Gasteiger partial charge on any atom is 0.422 e. The highest BCUT2D eigenvalue weighted by Crippen LogP contribution is 2.73. The molecule has 4 atom stereocenters. The van der Waals surface area contributed by atoms with Crippen molar-refractivity contribution >= 4 is 12.0 Å². The number of nitrogens with zero attached hydrogens (tertiary/aromatic N) is 2. The number of aromatic amines is 1. The summed E-state index contributed by atoms with van der Waals surface area (Å²) in [7, 11) is 0. The number of esters is 1. The number of hydrogen-bond donors (Lipinski definition) is 1. The van der Waals surface area contributed by atoms with Gasteiger partial charge in [-0.3, -0.25) is 0 Å². The van der Waals surface area contributed by atoms with Crippen molar-refractivity contribution in [2.45, 2.75) is 50.0 Å². The number of nitrogens with one attached hydrogen (secondary N) is 1. The second-order valence-electron chi connectivity index (χ2n) is 10.1. The Bertz CT molecular complexity index is 1580. The number of carbonyl (C=O) groups excluding carboxylic acids is 1. The van der Waals surface area contributed by atoms with E-state index in [4.69, 9.17) is 4.74 Å². The third-order valence-electron chi connectivity index (χ3n) is 8.58. The molecule has 0 saturated heterocycles. The Morgan fingerprint density at radius 1 is 1.26 bits per heavy atom. The van der Waals surface area contributed by atoms with Crippen LogP contribution in [-0.4, -0.2) is 17.1 Å². The van der Waals surface area contributed by atoms with Crippen LogP contribution in [0, 0.1) is 24.5 Å². The average molecular weight is 530 g/mol. The van der Waals surface area contributed by atoms with E-state index in [1.54, 1.807) is 46.8 Å². The average Bonchev–Trinajstić information content (AvgIpc) is 3.27. The first-order valence-electron chi connectivity index (χ1n) is 12.2. The highest BCUT2D eigenvalue weighted by molar-refractivity contribution is 5.89. The van der Waals surface area contributed by atoms with E-state index in [-0.39, 0.29) is 23.4 Å². The molecule has 4 unspecified atom stereocenters. The van der Waals surface area contributed by atoms with E-state index < -0.39 is 52.3 Å². The van der Waals surface area contributed by atoms with Crippen LogP contribution < -0.4 is 9.13 Å². The standard InChI is InChI=1S/C28H23F5N3O2/c1-5-17-23-25(37)38-19(12-35(23)13-34-17)24-26(6-2)15-11-16(29)21(28(31,32)33)22(30)20(15)18-10-14(4)8-9-36(18)27(24,26)7-3/h5,7-11,13,19,24H,1,3,6,12H2,2,4H3/q+1/p+1. The second kappa shape index (κ2) is 7.61. The molecule has 3 aliphatic rings. The molecule has 196 valence electrons. The molecule has 0 spiro atoms. The molecule has 2 aromatic heterocycles. The summed E-state index contributed by atoms with van der Waals surface area (Å²) < 4.78 is 81.6. The number of ether oxygens (including phenoxy) is 1. The number of pyridine rings is 1. The van der Waals surface area contributed by atoms with Gasteiger partial charge >= 0.3 is 12.1 Å². The Morgan fingerprint density at radius 2 is 2.00 bits per heavy atom. The second-order valence-corrected chi connectivity index (χ2v) is 10.1. The molecule has 1 aliphatic carbocycles. The van der Waals surface area contributed by atoms with E-state index in [1.807, 2.05) is 6.92 Å². The molecule has 3 aromatic rings. The molecular weight excluding hydrogens is 505 g/mol. The summed E-state index contributed by atoms with van der Waals surface area (Å²) in [6.45, 7) is 11.5. The molecule has 1 fully saturated rings. The maximum atomic E-state index is 15.8. The number of halogens is 5. The Morgan fingerprint density at radius 3 is 2.63 bits per heavy atom. The molecule has 0 radical (unpaired) electrons. The van der Waals surface area contributed by atoms with Crippen molar-refractivity contribution in [1.82, 2.24) is 4.98 Å². The van der Waals surface area contributed by atoms with Crippen LogP contribution in [-0.2, 0) is 28.4 Å². The Hall–Kier alpha value is -3.82. The summed E-state index contributed by atoms with van der Waals surface area (Å²) >= 11 is 0. The number of imidazole rings is 1. The summed E-state index contributed by atoms with van der Waals surface area (Å²) in [5, 5.41) is 0. The van der Waals surface area contributed by atoms with E-state index >= 15 is 8.78 Å². The van der Waals surface area contributed by atoms with Crippen molar-refractivity contribution in [3.63, 3.8) is 0 Å². The van der Waals surface area contributed by atoms with Gasteiger partial charge in [0.2, 0.25) is 17.6 Å². The van der Waals surface area contributed by atoms with E-state index in [2.05, 4.69) is 18.1 Å². The van der Waals surface area contributed by atoms with Crippen LogP contribution in [0.4, 0.5) is 22.0 Å². The van der Waals surface area contributed by atoms with Gasteiger partial charge in [0.15, 0.2) is 23.8 Å². The molecule has 0 bridgehead atoms. The number of aromatic nitrogens is 3. The zero-order valence-corrected chi connectivity index (χ0v) is 20.6. The molecule has 4 heterocycles. The number of rotatable bonds is 4. The van der Waals surface area contributed by atoms with Crippen LogP contribution in [0.1, 0.15) is 46.2 Å². The first kappa shape index (κ1) is 24.5. The highest BCUT2D eigenvalue weighted by atomic mass is 19.4. The van der Waals surface area contributed by atoms with Crippen molar-refractivity contribution in [2.24, 2.45) is 5.92 Å². The number of allylic oxidation sites excluding steroid dienone is 1. The van der Waals surface area contributed by atoms with Crippen molar-refractivity contribution in [2.75, 3.05) is 0 Å².